The third kappa shape index (κ3) is 4.34. The smallest absolute Gasteiger partial charge is 0.326 e. The van der Waals surface area contributed by atoms with E-state index in [1.807, 2.05) is 20.8 Å². The molecule has 98 valence electrons. The van der Waals surface area contributed by atoms with Crippen LogP contribution in [0.4, 0.5) is 0 Å². The molecule has 2 N–H and O–H groups in total. The van der Waals surface area contributed by atoms with Gasteiger partial charge in [0.2, 0.25) is 5.91 Å². The molecule has 0 aliphatic carbocycles. The Balaban J connectivity index is 2.49. The summed E-state index contributed by atoms with van der Waals surface area (Å²) in [5.41, 5.74) is 0. The number of carbonyl (C=O) groups is 2. The van der Waals surface area contributed by atoms with Gasteiger partial charge in [0.15, 0.2) is 0 Å². The second-order valence-corrected chi connectivity index (χ2v) is 5.11. The number of hydrogen-bond acceptors (Lipinski definition) is 3. The number of rotatable bonds is 5. The van der Waals surface area contributed by atoms with Crippen molar-refractivity contribution in [3.8, 4) is 0 Å². The van der Waals surface area contributed by atoms with Gasteiger partial charge in [0.25, 0.3) is 0 Å². The number of aliphatic carboxylic acids is 1. The minimum Gasteiger partial charge on any atom is -0.480 e. The summed E-state index contributed by atoms with van der Waals surface area (Å²) >= 11 is 0. The first kappa shape index (κ1) is 14.0. The second-order valence-electron chi connectivity index (χ2n) is 5.11. The zero-order chi connectivity index (χ0) is 13.0. The molecular weight excluding hydrogens is 222 g/mol. The van der Waals surface area contributed by atoms with Crippen molar-refractivity contribution >= 4 is 11.9 Å². The van der Waals surface area contributed by atoms with Crippen LogP contribution in [0.1, 0.15) is 33.6 Å². The molecule has 1 amide bonds. The maximum atomic E-state index is 11.8. The summed E-state index contributed by atoms with van der Waals surface area (Å²) in [5, 5.41) is 11.6. The van der Waals surface area contributed by atoms with Crippen molar-refractivity contribution in [2.24, 2.45) is 11.8 Å². The van der Waals surface area contributed by atoms with Gasteiger partial charge in [-0.05, 0) is 25.7 Å². The largest absolute Gasteiger partial charge is 0.480 e. The Kier molecular flexibility index (Phi) is 4.93. The van der Waals surface area contributed by atoms with Crippen molar-refractivity contribution in [2.45, 2.75) is 45.8 Å². The zero-order valence-corrected chi connectivity index (χ0v) is 10.6. The molecule has 3 atom stereocenters. The highest BCUT2D eigenvalue weighted by atomic mass is 16.5. The molecule has 1 rings (SSSR count). The third-order valence-corrected chi connectivity index (χ3v) is 2.89. The molecule has 0 spiro atoms. The Morgan fingerprint density at radius 3 is 2.53 bits per heavy atom. The van der Waals surface area contributed by atoms with Crippen LogP contribution in [0.5, 0.6) is 0 Å². The van der Waals surface area contributed by atoms with Crippen LogP contribution in [0.3, 0.4) is 0 Å². The molecule has 1 fully saturated rings. The van der Waals surface area contributed by atoms with Gasteiger partial charge in [0, 0.05) is 0 Å². The molecule has 0 aromatic rings. The van der Waals surface area contributed by atoms with Crippen LogP contribution in [-0.4, -0.2) is 35.7 Å². The van der Waals surface area contributed by atoms with Crippen LogP contribution < -0.4 is 5.32 Å². The van der Waals surface area contributed by atoms with E-state index in [0.717, 1.165) is 0 Å². The van der Waals surface area contributed by atoms with Crippen LogP contribution in [0, 0.1) is 11.8 Å². The van der Waals surface area contributed by atoms with E-state index in [1.54, 1.807) is 0 Å². The van der Waals surface area contributed by atoms with Gasteiger partial charge in [-0.1, -0.05) is 13.8 Å². The van der Waals surface area contributed by atoms with Crippen LogP contribution in [-0.2, 0) is 14.3 Å². The molecule has 1 heterocycles. The monoisotopic (exact) mass is 243 g/mol. The van der Waals surface area contributed by atoms with Gasteiger partial charge in [-0.2, -0.15) is 0 Å². The van der Waals surface area contributed by atoms with E-state index in [2.05, 4.69) is 5.32 Å². The van der Waals surface area contributed by atoms with Crippen LogP contribution in [0.15, 0.2) is 0 Å². The van der Waals surface area contributed by atoms with Crippen molar-refractivity contribution in [2.75, 3.05) is 6.61 Å². The van der Waals surface area contributed by atoms with Crippen molar-refractivity contribution in [1.29, 1.82) is 0 Å². The minimum atomic E-state index is -0.973. The number of ether oxygens (including phenoxy) is 1. The van der Waals surface area contributed by atoms with Crippen molar-refractivity contribution in [3.63, 3.8) is 0 Å². The van der Waals surface area contributed by atoms with Crippen molar-refractivity contribution in [3.05, 3.63) is 0 Å². The van der Waals surface area contributed by atoms with Gasteiger partial charge in [0.1, 0.15) is 6.04 Å². The Hall–Kier alpha value is -1.10. The zero-order valence-electron chi connectivity index (χ0n) is 10.6. The molecule has 1 aliphatic heterocycles. The summed E-state index contributed by atoms with van der Waals surface area (Å²) in [5.74, 6) is -1.16. The highest BCUT2D eigenvalue weighted by Crippen LogP contribution is 2.19. The highest BCUT2D eigenvalue weighted by Gasteiger charge is 2.31. The van der Waals surface area contributed by atoms with Crippen molar-refractivity contribution < 1.29 is 19.4 Å². The third-order valence-electron chi connectivity index (χ3n) is 2.89. The fourth-order valence-electron chi connectivity index (χ4n) is 1.98. The fraction of sp³-hybridized carbons (Fsp3) is 0.833. The molecule has 1 saturated heterocycles. The summed E-state index contributed by atoms with van der Waals surface area (Å²) in [4.78, 5) is 22.8. The first-order valence-corrected chi connectivity index (χ1v) is 6.05. The normalized spacial score (nSPS) is 25.9. The van der Waals surface area contributed by atoms with E-state index in [0.29, 0.717) is 19.4 Å². The summed E-state index contributed by atoms with van der Waals surface area (Å²) in [6.07, 6.45) is 1.20. The first-order valence-electron chi connectivity index (χ1n) is 6.05. The quantitative estimate of drug-likeness (QED) is 0.756. The van der Waals surface area contributed by atoms with Gasteiger partial charge in [-0.15, -0.1) is 0 Å². The minimum absolute atomic E-state index is 0.0825. The van der Waals surface area contributed by atoms with Crippen LogP contribution >= 0.6 is 0 Å². The van der Waals surface area contributed by atoms with E-state index < -0.39 is 12.0 Å². The van der Waals surface area contributed by atoms with E-state index in [-0.39, 0.29) is 23.8 Å². The lowest BCUT2D eigenvalue weighted by Gasteiger charge is -2.18. The Morgan fingerprint density at radius 2 is 2.12 bits per heavy atom. The predicted octanol–water partition coefficient (Wildman–Crippen LogP) is 1.03. The van der Waals surface area contributed by atoms with Gasteiger partial charge in [-0.3, -0.25) is 4.79 Å². The lowest BCUT2D eigenvalue weighted by atomic mass is 10.0. The lowest BCUT2D eigenvalue weighted by molar-refractivity contribution is -0.143. The maximum absolute atomic E-state index is 11.8. The van der Waals surface area contributed by atoms with Crippen LogP contribution in [0.2, 0.25) is 0 Å². The number of carbonyl (C=O) groups excluding carboxylic acids is 1. The number of carboxylic acids is 1. The number of hydrogen-bond donors (Lipinski definition) is 2. The molecule has 5 heteroatoms. The predicted molar refractivity (Wildman–Crippen MR) is 62.5 cm³/mol. The molecule has 0 aromatic heterocycles. The van der Waals surface area contributed by atoms with Crippen LogP contribution in [0.25, 0.3) is 0 Å². The standard InChI is InChI=1S/C12H21NO4/c1-7(2)4-10(12(15)16)13-11(14)9-5-8(3)17-6-9/h7-10H,4-6H2,1-3H3,(H,13,14)(H,15,16)/t8?,9?,10-/m1/s1. The summed E-state index contributed by atoms with van der Waals surface area (Å²) in [6.45, 7) is 6.17. The molecule has 0 radical (unpaired) electrons. The molecule has 0 bridgehead atoms. The van der Waals surface area contributed by atoms with E-state index in [1.165, 1.54) is 0 Å². The lowest BCUT2D eigenvalue weighted by Crippen LogP contribution is -2.44. The maximum Gasteiger partial charge on any atom is 0.326 e. The number of carboxylic acid groups (broad SMARTS) is 1. The van der Waals surface area contributed by atoms with E-state index >= 15 is 0 Å². The summed E-state index contributed by atoms with van der Waals surface area (Å²) in [7, 11) is 0. The molecule has 0 aromatic carbocycles. The Bertz CT molecular complexity index is 290. The number of amides is 1. The average molecular weight is 243 g/mol. The van der Waals surface area contributed by atoms with Gasteiger partial charge in [0.05, 0.1) is 18.6 Å². The van der Waals surface area contributed by atoms with Gasteiger partial charge in [-0.25, -0.2) is 4.79 Å². The Morgan fingerprint density at radius 1 is 1.47 bits per heavy atom. The fourth-order valence-corrected chi connectivity index (χ4v) is 1.98. The Labute approximate surface area is 102 Å². The topological polar surface area (TPSA) is 75.6 Å². The van der Waals surface area contributed by atoms with Crippen molar-refractivity contribution in [1.82, 2.24) is 5.32 Å². The number of nitrogens with one attached hydrogen (secondary N) is 1. The molecule has 0 saturated carbocycles. The van der Waals surface area contributed by atoms with E-state index in [4.69, 9.17) is 9.84 Å². The second kappa shape index (κ2) is 6.00. The SMILES string of the molecule is CC(C)C[C@@H](NC(=O)C1COC(C)C1)C(=O)O. The highest BCUT2D eigenvalue weighted by molar-refractivity contribution is 5.85. The van der Waals surface area contributed by atoms with E-state index in [9.17, 15) is 9.59 Å². The molecule has 1 aliphatic rings. The molecule has 5 nitrogen and oxygen atoms in total. The first-order chi connectivity index (χ1) is 7.90. The summed E-state index contributed by atoms with van der Waals surface area (Å²) in [6, 6.07) is -0.793. The molecular formula is C12H21NO4. The molecule has 2 unspecified atom stereocenters. The molecule has 17 heavy (non-hydrogen) atoms. The average Bonchev–Trinajstić information content (AvgIpc) is 2.63. The van der Waals surface area contributed by atoms with Gasteiger partial charge < -0.3 is 15.2 Å². The summed E-state index contributed by atoms with van der Waals surface area (Å²) < 4.78 is 5.30. The van der Waals surface area contributed by atoms with Gasteiger partial charge >= 0.3 is 5.97 Å².